The number of hydrogen-bond acceptors (Lipinski definition) is 1. The molecule has 3 aromatic carbocycles. The zero-order valence-corrected chi connectivity index (χ0v) is 13.9. The molecule has 2 nitrogen and oxygen atoms in total. The van der Waals surface area contributed by atoms with Crippen molar-refractivity contribution in [3.63, 3.8) is 0 Å². The van der Waals surface area contributed by atoms with Crippen LogP contribution in [0.5, 0.6) is 0 Å². The molecule has 0 radical (unpaired) electrons. The molecule has 3 rings (SSSR count). The first-order valence-corrected chi connectivity index (χ1v) is 7.95. The van der Waals surface area contributed by atoms with Gasteiger partial charge in [0.05, 0.1) is 5.56 Å². The highest BCUT2D eigenvalue weighted by Gasteiger charge is 2.12. The van der Waals surface area contributed by atoms with Gasteiger partial charge < -0.3 is 5.32 Å². The molecule has 0 saturated heterocycles. The third kappa shape index (κ3) is 3.04. The monoisotopic (exact) mass is 353 g/mol. The predicted molar refractivity (Wildman–Crippen MR) is 94.0 cm³/mol. The molecule has 0 atom stereocenters. The fourth-order valence-electron chi connectivity index (χ4n) is 2.55. The number of carbonyl (C=O) groups excluding carboxylic acids is 1. The van der Waals surface area contributed by atoms with Gasteiger partial charge in [-0.2, -0.15) is 0 Å². The summed E-state index contributed by atoms with van der Waals surface area (Å²) < 4.78 is 1.03. The molecule has 0 heterocycles. The summed E-state index contributed by atoms with van der Waals surface area (Å²) in [4.78, 5) is 12.6. The smallest absolute Gasteiger partial charge is 0.252 e. The average molecular weight is 354 g/mol. The summed E-state index contributed by atoms with van der Waals surface area (Å²) in [6.45, 7) is 2.50. The van der Waals surface area contributed by atoms with Crippen LogP contribution in [0.1, 0.15) is 21.5 Å². The van der Waals surface area contributed by atoms with Crippen molar-refractivity contribution in [1.82, 2.24) is 5.32 Å². The zero-order valence-electron chi connectivity index (χ0n) is 12.3. The molecular weight excluding hydrogens is 338 g/mol. The number of hydrogen-bond donors (Lipinski definition) is 1. The molecule has 3 heteroatoms. The van der Waals surface area contributed by atoms with Crippen LogP contribution in [-0.2, 0) is 6.54 Å². The molecule has 0 aliphatic carbocycles. The molecule has 0 aliphatic heterocycles. The van der Waals surface area contributed by atoms with E-state index in [-0.39, 0.29) is 5.91 Å². The molecule has 3 aromatic rings. The van der Waals surface area contributed by atoms with E-state index in [1.807, 2.05) is 61.5 Å². The molecule has 110 valence electrons. The van der Waals surface area contributed by atoms with Gasteiger partial charge in [-0.25, -0.2) is 0 Å². The summed E-state index contributed by atoms with van der Waals surface area (Å²) in [7, 11) is 0. The lowest BCUT2D eigenvalue weighted by molar-refractivity contribution is 0.0952. The highest BCUT2D eigenvalue weighted by atomic mass is 79.9. The van der Waals surface area contributed by atoms with Crippen LogP contribution in [0, 0.1) is 6.92 Å². The maximum atomic E-state index is 12.6. The number of carbonyl (C=O) groups is 1. The molecule has 0 spiro atoms. The lowest BCUT2D eigenvalue weighted by Gasteiger charge is -2.11. The second-order valence-corrected chi connectivity index (χ2v) is 6.20. The van der Waals surface area contributed by atoms with Crippen molar-refractivity contribution in [2.24, 2.45) is 0 Å². The SMILES string of the molecule is Cc1ccc2ccccc2c1C(=O)NCc1ccc(Br)cc1. The van der Waals surface area contributed by atoms with Crippen LogP contribution in [-0.4, -0.2) is 5.91 Å². The number of fused-ring (bicyclic) bond motifs is 1. The summed E-state index contributed by atoms with van der Waals surface area (Å²) in [5, 5.41) is 5.09. The minimum Gasteiger partial charge on any atom is -0.348 e. The molecule has 0 aliphatic rings. The minimum absolute atomic E-state index is 0.0304. The largest absolute Gasteiger partial charge is 0.348 e. The van der Waals surface area contributed by atoms with E-state index in [2.05, 4.69) is 27.3 Å². The Bertz CT molecular complexity index is 824. The molecule has 1 N–H and O–H groups in total. The predicted octanol–water partition coefficient (Wildman–Crippen LogP) is 4.84. The molecule has 22 heavy (non-hydrogen) atoms. The van der Waals surface area contributed by atoms with Gasteiger partial charge in [-0.3, -0.25) is 4.79 Å². The van der Waals surface area contributed by atoms with Crippen LogP contribution in [0.2, 0.25) is 0 Å². The van der Waals surface area contributed by atoms with Gasteiger partial charge in [0.1, 0.15) is 0 Å². The number of nitrogens with one attached hydrogen (secondary N) is 1. The van der Waals surface area contributed by atoms with E-state index in [4.69, 9.17) is 0 Å². The number of amides is 1. The van der Waals surface area contributed by atoms with Crippen LogP contribution in [0.4, 0.5) is 0 Å². The van der Waals surface area contributed by atoms with E-state index in [1.165, 1.54) is 0 Å². The molecule has 0 unspecified atom stereocenters. The van der Waals surface area contributed by atoms with E-state index in [0.717, 1.165) is 31.9 Å². The van der Waals surface area contributed by atoms with Crippen LogP contribution >= 0.6 is 15.9 Å². The second kappa shape index (κ2) is 6.32. The van der Waals surface area contributed by atoms with Gasteiger partial charge in [0, 0.05) is 11.0 Å². The van der Waals surface area contributed by atoms with Crippen molar-refractivity contribution in [1.29, 1.82) is 0 Å². The van der Waals surface area contributed by atoms with Gasteiger partial charge in [-0.15, -0.1) is 0 Å². The number of aryl methyl sites for hydroxylation is 1. The van der Waals surface area contributed by atoms with Crippen molar-refractivity contribution < 1.29 is 4.79 Å². The molecule has 0 fully saturated rings. The number of halogens is 1. The maximum absolute atomic E-state index is 12.6. The van der Waals surface area contributed by atoms with Crippen molar-refractivity contribution in [2.75, 3.05) is 0 Å². The topological polar surface area (TPSA) is 29.1 Å². The Balaban J connectivity index is 1.86. The van der Waals surface area contributed by atoms with Crippen LogP contribution in [0.3, 0.4) is 0 Å². The maximum Gasteiger partial charge on any atom is 0.252 e. The summed E-state index contributed by atoms with van der Waals surface area (Å²) in [5.41, 5.74) is 2.83. The fourth-order valence-corrected chi connectivity index (χ4v) is 2.82. The van der Waals surface area contributed by atoms with Gasteiger partial charge in [0.25, 0.3) is 5.91 Å². The van der Waals surface area contributed by atoms with Crippen LogP contribution < -0.4 is 5.32 Å². The normalized spacial score (nSPS) is 10.6. The Morgan fingerprint density at radius 3 is 2.50 bits per heavy atom. The van der Waals surface area contributed by atoms with E-state index in [9.17, 15) is 4.79 Å². The summed E-state index contributed by atoms with van der Waals surface area (Å²) in [5.74, 6) is -0.0304. The molecule has 0 aromatic heterocycles. The van der Waals surface area contributed by atoms with Crippen molar-refractivity contribution in [3.05, 3.63) is 81.8 Å². The average Bonchev–Trinajstić information content (AvgIpc) is 2.54. The fraction of sp³-hybridized carbons (Fsp3) is 0.105. The minimum atomic E-state index is -0.0304. The summed E-state index contributed by atoms with van der Waals surface area (Å²) in [6.07, 6.45) is 0. The van der Waals surface area contributed by atoms with E-state index in [0.29, 0.717) is 6.54 Å². The van der Waals surface area contributed by atoms with Crippen molar-refractivity contribution >= 4 is 32.6 Å². The summed E-state index contributed by atoms with van der Waals surface area (Å²) in [6, 6.07) is 20.0. The van der Waals surface area contributed by atoms with Gasteiger partial charge in [-0.05, 0) is 41.0 Å². The lowest BCUT2D eigenvalue weighted by atomic mass is 9.99. The first-order valence-electron chi connectivity index (χ1n) is 7.16. The van der Waals surface area contributed by atoms with E-state index in [1.54, 1.807) is 0 Å². The third-order valence-corrected chi connectivity index (χ3v) is 4.26. The Kier molecular flexibility index (Phi) is 4.25. The van der Waals surface area contributed by atoms with E-state index < -0.39 is 0 Å². The van der Waals surface area contributed by atoms with Crippen molar-refractivity contribution in [3.8, 4) is 0 Å². The highest BCUT2D eigenvalue weighted by molar-refractivity contribution is 9.10. The zero-order chi connectivity index (χ0) is 15.5. The standard InChI is InChI=1S/C19H16BrNO/c1-13-6-9-15-4-2-3-5-17(15)18(13)19(22)21-12-14-7-10-16(20)11-8-14/h2-11H,12H2,1H3,(H,21,22). The molecule has 0 bridgehead atoms. The van der Waals surface area contributed by atoms with Gasteiger partial charge in [0.2, 0.25) is 0 Å². The summed E-state index contributed by atoms with van der Waals surface area (Å²) >= 11 is 3.41. The van der Waals surface area contributed by atoms with Crippen LogP contribution in [0.15, 0.2) is 65.1 Å². The Morgan fingerprint density at radius 1 is 1.00 bits per heavy atom. The molecular formula is C19H16BrNO. The Hall–Kier alpha value is -2.13. The van der Waals surface area contributed by atoms with Gasteiger partial charge in [-0.1, -0.05) is 64.5 Å². The quantitative estimate of drug-likeness (QED) is 0.716. The van der Waals surface area contributed by atoms with E-state index >= 15 is 0 Å². The first kappa shape index (κ1) is 14.8. The second-order valence-electron chi connectivity index (χ2n) is 5.29. The number of benzene rings is 3. The lowest BCUT2D eigenvalue weighted by Crippen LogP contribution is -2.23. The third-order valence-electron chi connectivity index (χ3n) is 3.73. The molecule has 1 amide bonds. The van der Waals surface area contributed by atoms with Gasteiger partial charge in [0.15, 0.2) is 0 Å². The van der Waals surface area contributed by atoms with Crippen molar-refractivity contribution in [2.45, 2.75) is 13.5 Å². The highest BCUT2D eigenvalue weighted by Crippen LogP contribution is 2.22. The number of rotatable bonds is 3. The van der Waals surface area contributed by atoms with Crippen LogP contribution in [0.25, 0.3) is 10.8 Å². The molecule has 0 saturated carbocycles. The van der Waals surface area contributed by atoms with Gasteiger partial charge >= 0.3 is 0 Å². The first-order chi connectivity index (χ1) is 10.6. The Labute approximate surface area is 138 Å². The Morgan fingerprint density at radius 2 is 1.73 bits per heavy atom.